The second kappa shape index (κ2) is 13.0. The summed E-state index contributed by atoms with van der Waals surface area (Å²) in [6, 6.07) is 0. The SMILES string of the molecule is CN=C(NCC1CCN(Cc2nc(C)c(C)o2)CC1)NCC1(CCOC)CCCC1.I. The van der Waals surface area contributed by atoms with E-state index in [1.54, 1.807) is 7.11 Å². The van der Waals surface area contributed by atoms with Crippen molar-refractivity contribution in [2.45, 2.75) is 65.3 Å². The van der Waals surface area contributed by atoms with Crippen molar-refractivity contribution < 1.29 is 9.15 Å². The van der Waals surface area contributed by atoms with Crippen molar-refractivity contribution in [3.63, 3.8) is 0 Å². The molecule has 0 bridgehead atoms. The van der Waals surface area contributed by atoms with E-state index in [2.05, 4.69) is 25.5 Å². The van der Waals surface area contributed by atoms with E-state index in [1.807, 2.05) is 20.9 Å². The van der Waals surface area contributed by atoms with Gasteiger partial charge in [0.05, 0.1) is 12.2 Å². The van der Waals surface area contributed by atoms with Crippen LogP contribution in [0, 0.1) is 25.2 Å². The lowest BCUT2D eigenvalue weighted by molar-refractivity contribution is 0.138. The first-order chi connectivity index (χ1) is 14.5. The quantitative estimate of drug-likeness (QED) is 0.278. The number of aliphatic imine (C=N–C) groups is 1. The minimum absolute atomic E-state index is 0. The first-order valence-corrected chi connectivity index (χ1v) is 11.6. The van der Waals surface area contributed by atoms with E-state index in [4.69, 9.17) is 9.15 Å². The molecule has 1 saturated carbocycles. The van der Waals surface area contributed by atoms with Crippen molar-refractivity contribution in [2.75, 3.05) is 46.9 Å². The van der Waals surface area contributed by atoms with E-state index in [0.717, 1.165) is 69.1 Å². The summed E-state index contributed by atoms with van der Waals surface area (Å²) in [7, 11) is 3.67. The maximum atomic E-state index is 5.74. The number of oxazole rings is 1. The van der Waals surface area contributed by atoms with Gasteiger partial charge in [0.15, 0.2) is 5.96 Å². The lowest BCUT2D eigenvalue weighted by Gasteiger charge is -2.32. The largest absolute Gasteiger partial charge is 0.444 e. The van der Waals surface area contributed by atoms with Gasteiger partial charge >= 0.3 is 0 Å². The van der Waals surface area contributed by atoms with Gasteiger partial charge in [-0.05, 0) is 70.4 Å². The van der Waals surface area contributed by atoms with Crippen LogP contribution in [0.5, 0.6) is 0 Å². The standard InChI is InChI=1S/C23H41N5O2.HI/c1-18-19(2)30-21(27-18)16-28-12-7-20(8-13-28)15-25-22(24-3)26-17-23(11-14-29-4)9-5-6-10-23;/h20H,5-17H2,1-4H3,(H2,24,25,26);1H. The fourth-order valence-electron chi connectivity index (χ4n) is 4.84. The van der Waals surface area contributed by atoms with Gasteiger partial charge in [-0.25, -0.2) is 4.98 Å². The van der Waals surface area contributed by atoms with Gasteiger partial charge in [0, 0.05) is 33.9 Å². The Morgan fingerprint density at radius 1 is 1.23 bits per heavy atom. The highest BCUT2D eigenvalue weighted by atomic mass is 127. The van der Waals surface area contributed by atoms with Crippen LogP contribution in [-0.4, -0.2) is 62.8 Å². The van der Waals surface area contributed by atoms with Crippen molar-refractivity contribution in [2.24, 2.45) is 16.3 Å². The molecule has 7 nitrogen and oxygen atoms in total. The zero-order valence-corrected chi connectivity index (χ0v) is 22.2. The fraction of sp³-hybridized carbons (Fsp3) is 0.826. The maximum absolute atomic E-state index is 5.74. The van der Waals surface area contributed by atoms with E-state index in [1.165, 1.54) is 38.5 Å². The number of aromatic nitrogens is 1. The highest BCUT2D eigenvalue weighted by Gasteiger charge is 2.33. The Balaban J connectivity index is 0.00000341. The maximum Gasteiger partial charge on any atom is 0.208 e. The van der Waals surface area contributed by atoms with Crippen molar-refractivity contribution in [1.82, 2.24) is 20.5 Å². The summed E-state index contributed by atoms with van der Waals surface area (Å²) in [5, 5.41) is 7.17. The third kappa shape index (κ3) is 7.89. The summed E-state index contributed by atoms with van der Waals surface area (Å²) < 4.78 is 11.1. The van der Waals surface area contributed by atoms with Crippen LogP contribution >= 0.6 is 24.0 Å². The molecule has 1 aromatic rings. The van der Waals surface area contributed by atoms with E-state index in [0.29, 0.717) is 11.3 Å². The number of hydrogen-bond donors (Lipinski definition) is 2. The highest BCUT2D eigenvalue weighted by molar-refractivity contribution is 14.0. The molecule has 2 heterocycles. The van der Waals surface area contributed by atoms with Gasteiger partial charge < -0.3 is 19.8 Å². The molecule has 1 aliphatic heterocycles. The van der Waals surface area contributed by atoms with E-state index < -0.39 is 0 Å². The smallest absolute Gasteiger partial charge is 0.208 e. The number of guanidine groups is 1. The van der Waals surface area contributed by atoms with E-state index in [-0.39, 0.29) is 24.0 Å². The average Bonchev–Trinajstić information content (AvgIpc) is 3.34. The Kier molecular flexibility index (Phi) is 11.1. The van der Waals surface area contributed by atoms with Crippen LogP contribution in [0.4, 0.5) is 0 Å². The molecular weight excluding hydrogens is 505 g/mol. The molecule has 2 fully saturated rings. The predicted octanol–water partition coefficient (Wildman–Crippen LogP) is 3.88. The van der Waals surface area contributed by atoms with Gasteiger partial charge in [-0.3, -0.25) is 9.89 Å². The summed E-state index contributed by atoms with van der Waals surface area (Å²) in [5.41, 5.74) is 1.37. The van der Waals surface area contributed by atoms with Crippen LogP contribution in [0.15, 0.2) is 9.41 Å². The van der Waals surface area contributed by atoms with Crippen LogP contribution in [0.2, 0.25) is 0 Å². The number of hydrogen-bond acceptors (Lipinski definition) is 5. The number of ether oxygens (including phenoxy) is 1. The molecule has 0 amide bonds. The minimum atomic E-state index is 0. The van der Waals surface area contributed by atoms with E-state index >= 15 is 0 Å². The van der Waals surface area contributed by atoms with Crippen LogP contribution in [0.3, 0.4) is 0 Å². The molecule has 1 aliphatic carbocycles. The first kappa shape index (κ1) is 26.4. The topological polar surface area (TPSA) is 74.9 Å². The van der Waals surface area contributed by atoms with Crippen LogP contribution in [0.1, 0.15) is 62.3 Å². The Hall–Kier alpha value is -0.870. The number of nitrogens with one attached hydrogen (secondary N) is 2. The second-order valence-electron chi connectivity index (χ2n) is 9.23. The van der Waals surface area contributed by atoms with Gasteiger partial charge in [0.2, 0.25) is 5.89 Å². The van der Waals surface area contributed by atoms with Crippen molar-refractivity contribution in [3.05, 3.63) is 17.3 Å². The molecule has 0 unspecified atom stereocenters. The van der Waals surface area contributed by atoms with E-state index in [9.17, 15) is 0 Å². The Morgan fingerprint density at radius 2 is 1.94 bits per heavy atom. The number of halogens is 1. The summed E-state index contributed by atoms with van der Waals surface area (Å²) in [6.45, 7) is 9.82. The zero-order chi connectivity index (χ0) is 21.4. The van der Waals surface area contributed by atoms with Crippen LogP contribution in [-0.2, 0) is 11.3 Å². The van der Waals surface area contributed by atoms with Crippen molar-refractivity contribution in [1.29, 1.82) is 0 Å². The number of nitrogens with zero attached hydrogens (tertiary/aromatic N) is 3. The number of methoxy groups -OCH3 is 1. The molecule has 178 valence electrons. The van der Waals surface area contributed by atoms with Gasteiger partial charge in [-0.1, -0.05) is 12.8 Å². The van der Waals surface area contributed by atoms with Crippen LogP contribution in [0.25, 0.3) is 0 Å². The lowest BCUT2D eigenvalue weighted by Crippen LogP contribution is -2.46. The monoisotopic (exact) mass is 547 g/mol. The molecule has 0 atom stereocenters. The summed E-state index contributed by atoms with van der Waals surface area (Å²) in [5.74, 6) is 3.40. The fourth-order valence-corrected chi connectivity index (χ4v) is 4.84. The molecule has 2 aliphatic rings. The molecular formula is C23H42IN5O2. The summed E-state index contributed by atoms with van der Waals surface area (Å²) in [6.07, 6.45) is 8.78. The normalized spacial score (nSPS) is 19.9. The number of aryl methyl sites for hydroxylation is 2. The molecule has 0 radical (unpaired) electrons. The van der Waals surface area contributed by atoms with Crippen LogP contribution < -0.4 is 10.6 Å². The first-order valence-electron chi connectivity index (χ1n) is 11.6. The summed E-state index contributed by atoms with van der Waals surface area (Å²) in [4.78, 5) is 11.4. The predicted molar refractivity (Wildman–Crippen MR) is 136 cm³/mol. The van der Waals surface area contributed by atoms with Crippen molar-refractivity contribution in [3.8, 4) is 0 Å². The molecule has 8 heteroatoms. The number of likely N-dealkylation sites (tertiary alicyclic amines) is 1. The molecule has 1 saturated heterocycles. The molecule has 2 N–H and O–H groups in total. The highest BCUT2D eigenvalue weighted by Crippen LogP contribution is 2.40. The molecule has 0 aromatic carbocycles. The van der Waals surface area contributed by atoms with Gasteiger partial charge in [-0.15, -0.1) is 24.0 Å². The third-order valence-electron chi connectivity index (χ3n) is 7.05. The zero-order valence-electron chi connectivity index (χ0n) is 19.8. The molecule has 1 aromatic heterocycles. The Labute approximate surface area is 205 Å². The molecule has 31 heavy (non-hydrogen) atoms. The van der Waals surface area contributed by atoms with Gasteiger partial charge in [0.25, 0.3) is 0 Å². The molecule has 0 spiro atoms. The van der Waals surface area contributed by atoms with Gasteiger partial charge in [0.1, 0.15) is 5.76 Å². The van der Waals surface area contributed by atoms with Gasteiger partial charge in [-0.2, -0.15) is 0 Å². The summed E-state index contributed by atoms with van der Waals surface area (Å²) >= 11 is 0. The minimum Gasteiger partial charge on any atom is -0.444 e. The third-order valence-corrected chi connectivity index (χ3v) is 7.05. The Morgan fingerprint density at radius 3 is 2.52 bits per heavy atom. The number of piperidine rings is 1. The van der Waals surface area contributed by atoms with Crippen molar-refractivity contribution >= 4 is 29.9 Å². The average molecular weight is 548 g/mol. The Bertz CT molecular complexity index is 660. The second-order valence-corrected chi connectivity index (χ2v) is 9.23. The number of rotatable bonds is 9. The lowest BCUT2D eigenvalue weighted by atomic mass is 9.83. The molecule has 3 rings (SSSR count).